The van der Waals surface area contributed by atoms with E-state index in [2.05, 4.69) is 11.8 Å². The average Bonchev–Trinajstić information content (AvgIpc) is 2.25. The number of unbranched alkanes of at least 4 members (excludes halogenated alkanes) is 1. The summed E-state index contributed by atoms with van der Waals surface area (Å²) in [5, 5.41) is 0. The Hall–Kier alpha value is -0.120. The van der Waals surface area contributed by atoms with Crippen LogP contribution in [0.2, 0.25) is 0 Å². The first-order chi connectivity index (χ1) is 6.83. The molecule has 14 heavy (non-hydrogen) atoms. The molecule has 1 aliphatic heterocycles. The molecule has 1 atom stereocenters. The fourth-order valence-corrected chi connectivity index (χ4v) is 1.78. The molecule has 0 spiro atoms. The van der Waals surface area contributed by atoms with Gasteiger partial charge in [0.2, 0.25) is 0 Å². The smallest absolute Gasteiger partial charge is 0.0594 e. The number of ether oxygens (including phenoxy) is 1. The molecule has 3 nitrogen and oxygen atoms in total. The van der Waals surface area contributed by atoms with Gasteiger partial charge >= 0.3 is 0 Å². The highest BCUT2D eigenvalue weighted by Gasteiger charge is 2.11. The first-order valence-corrected chi connectivity index (χ1v) is 5.88. The summed E-state index contributed by atoms with van der Waals surface area (Å²) < 4.78 is 5.30. The topological polar surface area (TPSA) is 38.5 Å². The van der Waals surface area contributed by atoms with Crippen LogP contribution in [0.5, 0.6) is 0 Å². The lowest BCUT2D eigenvalue weighted by Gasteiger charge is -2.27. The Balaban J connectivity index is 2.00. The van der Waals surface area contributed by atoms with Gasteiger partial charge in [0.25, 0.3) is 0 Å². The van der Waals surface area contributed by atoms with Gasteiger partial charge in [0.05, 0.1) is 13.2 Å². The normalized spacial score (nSPS) is 21.0. The SMILES string of the molecule is CCCCC(N)CCN1CCOCC1. The molecule has 1 heterocycles. The van der Waals surface area contributed by atoms with Crippen LogP contribution in [-0.4, -0.2) is 43.8 Å². The van der Waals surface area contributed by atoms with E-state index in [1.165, 1.54) is 19.3 Å². The van der Waals surface area contributed by atoms with E-state index < -0.39 is 0 Å². The van der Waals surface area contributed by atoms with Crippen molar-refractivity contribution in [3.63, 3.8) is 0 Å². The van der Waals surface area contributed by atoms with Gasteiger partial charge in [0.1, 0.15) is 0 Å². The number of rotatable bonds is 6. The molecule has 1 unspecified atom stereocenters. The van der Waals surface area contributed by atoms with Crippen molar-refractivity contribution >= 4 is 0 Å². The van der Waals surface area contributed by atoms with Crippen molar-refractivity contribution in [1.82, 2.24) is 4.90 Å². The molecule has 0 aliphatic carbocycles. The monoisotopic (exact) mass is 200 g/mol. The van der Waals surface area contributed by atoms with Crippen LogP contribution in [0, 0.1) is 0 Å². The third-order valence-electron chi connectivity index (χ3n) is 2.85. The lowest BCUT2D eigenvalue weighted by atomic mass is 10.1. The van der Waals surface area contributed by atoms with Crippen LogP contribution in [0.25, 0.3) is 0 Å². The lowest BCUT2D eigenvalue weighted by Crippen LogP contribution is -2.38. The van der Waals surface area contributed by atoms with Gasteiger partial charge in [-0.15, -0.1) is 0 Å². The Morgan fingerprint density at radius 1 is 1.29 bits per heavy atom. The van der Waals surface area contributed by atoms with Crippen molar-refractivity contribution in [2.75, 3.05) is 32.8 Å². The largest absolute Gasteiger partial charge is 0.379 e. The number of nitrogens with two attached hydrogens (primary N) is 1. The number of hydrogen-bond acceptors (Lipinski definition) is 3. The molecule has 0 saturated carbocycles. The van der Waals surface area contributed by atoms with Gasteiger partial charge in [-0.05, 0) is 19.4 Å². The Morgan fingerprint density at radius 2 is 2.00 bits per heavy atom. The molecular weight excluding hydrogens is 176 g/mol. The minimum absolute atomic E-state index is 0.401. The van der Waals surface area contributed by atoms with Crippen molar-refractivity contribution in [2.24, 2.45) is 5.73 Å². The molecule has 2 N–H and O–H groups in total. The summed E-state index contributed by atoms with van der Waals surface area (Å²) in [4.78, 5) is 2.45. The number of nitrogens with zero attached hydrogens (tertiary/aromatic N) is 1. The molecule has 0 aromatic rings. The summed E-state index contributed by atoms with van der Waals surface area (Å²) in [6.45, 7) is 7.32. The maximum atomic E-state index is 6.02. The highest BCUT2D eigenvalue weighted by molar-refractivity contribution is 4.67. The molecule has 0 radical (unpaired) electrons. The highest BCUT2D eigenvalue weighted by Crippen LogP contribution is 2.04. The second-order valence-electron chi connectivity index (χ2n) is 4.14. The maximum Gasteiger partial charge on any atom is 0.0594 e. The van der Waals surface area contributed by atoms with E-state index in [4.69, 9.17) is 10.5 Å². The standard InChI is InChI=1S/C11H24N2O/c1-2-3-4-11(12)5-6-13-7-9-14-10-8-13/h11H,2-10,12H2,1H3. The van der Waals surface area contributed by atoms with Crippen LogP contribution in [-0.2, 0) is 4.74 Å². The summed E-state index contributed by atoms with van der Waals surface area (Å²) in [6.07, 6.45) is 4.84. The Labute approximate surface area is 87.6 Å². The molecule has 84 valence electrons. The van der Waals surface area contributed by atoms with Crippen molar-refractivity contribution < 1.29 is 4.74 Å². The van der Waals surface area contributed by atoms with Gasteiger partial charge in [-0.2, -0.15) is 0 Å². The Morgan fingerprint density at radius 3 is 2.64 bits per heavy atom. The van der Waals surface area contributed by atoms with Gasteiger partial charge in [-0.25, -0.2) is 0 Å². The molecule has 0 aromatic heterocycles. The van der Waals surface area contributed by atoms with Crippen LogP contribution in [0.3, 0.4) is 0 Å². The van der Waals surface area contributed by atoms with E-state index in [1.54, 1.807) is 0 Å². The molecule has 1 saturated heterocycles. The summed E-state index contributed by atoms with van der Waals surface area (Å²) >= 11 is 0. The molecular formula is C11H24N2O. The van der Waals surface area contributed by atoms with Gasteiger partial charge in [0, 0.05) is 19.1 Å². The van der Waals surface area contributed by atoms with E-state index in [9.17, 15) is 0 Å². The Bertz CT molecular complexity index is 135. The number of hydrogen-bond donors (Lipinski definition) is 1. The van der Waals surface area contributed by atoms with Gasteiger partial charge in [-0.1, -0.05) is 19.8 Å². The summed E-state index contributed by atoms with van der Waals surface area (Å²) in [5.74, 6) is 0. The van der Waals surface area contributed by atoms with Crippen molar-refractivity contribution in [3.05, 3.63) is 0 Å². The summed E-state index contributed by atoms with van der Waals surface area (Å²) in [6, 6.07) is 0.401. The van der Waals surface area contributed by atoms with Crippen molar-refractivity contribution in [3.8, 4) is 0 Å². The molecule has 3 heteroatoms. The predicted octanol–water partition coefficient (Wildman–Crippen LogP) is 1.23. The number of morpholine rings is 1. The zero-order valence-corrected chi connectivity index (χ0v) is 9.37. The van der Waals surface area contributed by atoms with Crippen LogP contribution < -0.4 is 5.73 Å². The third kappa shape index (κ3) is 4.94. The molecule has 0 aromatic carbocycles. The zero-order valence-electron chi connectivity index (χ0n) is 9.37. The van der Waals surface area contributed by atoms with E-state index >= 15 is 0 Å². The van der Waals surface area contributed by atoms with Gasteiger partial charge in [-0.3, -0.25) is 4.90 Å². The van der Waals surface area contributed by atoms with Crippen LogP contribution >= 0.6 is 0 Å². The van der Waals surface area contributed by atoms with Crippen LogP contribution in [0.4, 0.5) is 0 Å². The van der Waals surface area contributed by atoms with Crippen LogP contribution in [0.1, 0.15) is 32.6 Å². The quantitative estimate of drug-likeness (QED) is 0.701. The van der Waals surface area contributed by atoms with E-state index in [-0.39, 0.29) is 0 Å². The third-order valence-corrected chi connectivity index (χ3v) is 2.85. The maximum absolute atomic E-state index is 6.02. The summed E-state index contributed by atoms with van der Waals surface area (Å²) in [5.41, 5.74) is 6.02. The fraction of sp³-hybridized carbons (Fsp3) is 1.00. The fourth-order valence-electron chi connectivity index (χ4n) is 1.78. The minimum Gasteiger partial charge on any atom is -0.379 e. The highest BCUT2D eigenvalue weighted by atomic mass is 16.5. The van der Waals surface area contributed by atoms with Gasteiger partial charge in [0.15, 0.2) is 0 Å². The molecule has 0 amide bonds. The lowest BCUT2D eigenvalue weighted by molar-refractivity contribution is 0.0365. The van der Waals surface area contributed by atoms with Crippen molar-refractivity contribution in [1.29, 1.82) is 0 Å². The average molecular weight is 200 g/mol. The summed E-state index contributed by atoms with van der Waals surface area (Å²) in [7, 11) is 0. The first-order valence-electron chi connectivity index (χ1n) is 5.88. The molecule has 1 rings (SSSR count). The van der Waals surface area contributed by atoms with E-state index in [0.29, 0.717) is 6.04 Å². The van der Waals surface area contributed by atoms with E-state index in [1.807, 2.05) is 0 Å². The second-order valence-corrected chi connectivity index (χ2v) is 4.14. The molecule has 1 aliphatic rings. The first kappa shape index (κ1) is 12.0. The predicted molar refractivity (Wildman–Crippen MR) is 59.4 cm³/mol. The van der Waals surface area contributed by atoms with Crippen LogP contribution in [0.15, 0.2) is 0 Å². The minimum atomic E-state index is 0.401. The van der Waals surface area contributed by atoms with Gasteiger partial charge < -0.3 is 10.5 Å². The van der Waals surface area contributed by atoms with Crippen molar-refractivity contribution in [2.45, 2.75) is 38.6 Å². The van der Waals surface area contributed by atoms with E-state index in [0.717, 1.165) is 39.3 Å². The Kier molecular flexibility index (Phi) is 6.15. The molecule has 1 fully saturated rings. The molecule has 0 bridgehead atoms. The second kappa shape index (κ2) is 7.21. The zero-order chi connectivity index (χ0) is 10.2.